The quantitative estimate of drug-likeness (QED) is 0.169. The summed E-state index contributed by atoms with van der Waals surface area (Å²) in [5, 5.41) is 12.1. The molecule has 0 aliphatic heterocycles. The Labute approximate surface area is 336 Å². The van der Waals surface area contributed by atoms with Gasteiger partial charge in [-0.15, -0.1) is 0 Å². The number of aromatic nitrogens is 5. The molecule has 5 heterocycles. The lowest BCUT2D eigenvalue weighted by molar-refractivity contribution is 1.08. The van der Waals surface area contributed by atoms with Gasteiger partial charge in [-0.1, -0.05) is 133 Å². The molecule has 0 fully saturated rings. The third-order valence-electron chi connectivity index (χ3n) is 12.7. The fourth-order valence-electron chi connectivity index (χ4n) is 10.3. The molecule has 0 aliphatic carbocycles. The molecule has 0 unspecified atom stereocenters. The lowest BCUT2D eigenvalue weighted by atomic mass is 10.0. The third kappa shape index (κ3) is 4.03. The summed E-state index contributed by atoms with van der Waals surface area (Å²) >= 11 is 0. The van der Waals surface area contributed by atoms with Gasteiger partial charge in [-0.3, -0.25) is 4.57 Å². The van der Waals surface area contributed by atoms with Crippen LogP contribution in [-0.4, -0.2) is 23.5 Å². The van der Waals surface area contributed by atoms with Crippen LogP contribution in [-0.2, 0) is 0 Å². The first-order valence-electron chi connectivity index (χ1n) is 20.2. The number of para-hydroxylation sites is 3. The maximum absolute atomic E-state index is 5.63. The zero-order chi connectivity index (χ0) is 38.3. The van der Waals surface area contributed by atoms with E-state index in [2.05, 4.69) is 202 Å². The van der Waals surface area contributed by atoms with E-state index in [9.17, 15) is 0 Å². The Morgan fingerprint density at radius 1 is 0.356 bits per heavy atom. The van der Waals surface area contributed by atoms with Crippen LogP contribution in [0.3, 0.4) is 0 Å². The first-order valence-corrected chi connectivity index (χ1v) is 20.2. The van der Waals surface area contributed by atoms with Crippen LogP contribution in [0.25, 0.3) is 126 Å². The molecule has 0 atom stereocenters. The Morgan fingerprint density at radius 3 is 1.85 bits per heavy atom. The monoisotopic (exact) mass is 749 g/mol. The van der Waals surface area contributed by atoms with Gasteiger partial charge >= 0.3 is 0 Å². The highest BCUT2D eigenvalue weighted by Crippen LogP contribution is 2.46. The summed E-state index contributed by atoms with van der Waals surface area (Å²) in [4.78, 5) is 11.1. The molecule has 272 valence electrons. The summed E-state index contributed by atoms with van der Waals surface area (Å²) in [6, 6.07) is 68.0. The molecule has 5 aromatic heterocycles. The number of hydrogen-bond donors (Lipinski definition) is 0. The second-order valence-electron chi connectivity index (χ2n) is 15.7. The molecule has 14 aromatic rings. The molecule has 0 amide bonds. The minimum Gasteiger partial charge on any atom is -0.309 e. The van der Waals surface area contributed by atoms with Crippen molar-refractivity contribution >= 4 is 104 Å². The number of rotatable bonds is 3. The van der Waals surface area contributed by atoms with Crippen molar-refractivity contribution in [3.05, 3.63) is 188 Å². The Morgan fingerprint density at radius 2 is 0.983 bits per heavy atom. The summed E-state index contributed by atoms with van der Waals surface area (Å²) in [5.74, 6) is 0.819. The van der Waals surface area contributed by atoms with Crippen molar-refractivity contribution in [1.29, 1.82) is 0 Å². The topological polar surface area (TPSA) is 40.0 Å². The highest BCUT2D eigenvalue weighted by molar-refractivity contribution is 6.32. The summed E-state index contributed by atoms with van der Waals surface area (Å²) in [5.41, 5.74) is 13.0. The van der Waals surface area contributed by atoms with E-state index in [1.165, 1.54) is 65.2 Å². The van der Waals surface area contributed by atoms with Gasteiger partial charge in [-0.2, -0.15) is 0 Å². The van der Waals surface area contributed by atoms with Crippen LogP contribution < -0.4 is 0 Å². The molecule has 0 bridgehead atoms. The smallest absolute Gasteiger partial charge is 0.165 e. The van der Waals surface area contributed by atoms with Crippen LogP contribution in [0.15, 0.2) is 188 Å². The fraction of sp³-hybridized carbons (Fsp3) is 0. The van der Waals surface area contributed by atoms with E-state index in [4.69, 9.17) is 9.97 Å². The van der Waals surface area contributed by atoms with Crippen LogP contribution in [0.2, 0.25) is 0 Å². The maximum Gasteiger partial charge on any atom is 0.165 e. The molecular formula is C54H31N5. The van der Waals surface area contributed by atoms with Gasteiger partial charge in [0, 0.05) is 54.3 Å². The van der Waals surface area contributed by atoms with Gasteiger partial charge < -0.3 is 8.97 Å². The second kappa shape index (κ2) is 11.3. The highest BCUT2D eigenvalue weighted by Gasteiger charge is 2.25. The van der Waals surface area contributed by atoms with Crippen LogP contribution in [0.1, 0.15) is 0 Å². The van der Waals surface area contributed by atoms with Crippen molar-refractivity contribution in [2.45, 2.75) is 0 Å². The molecule has 0 radical (unpaired) electrons. The normalized spacial score (nSPS) is 12.4. The van der Waals surface area contributed by atoms with Gasteiger partial charge in [0.05, 0.1) is 49.7 Å². The zero-order valence-electron chi connectivity index (χ0n) is 31.6. The zero-order valence-corrected chi connectivity index (χ0v) is 31.6. The van der Waals surface area contributed by atoms with Crippen molar-refractivity contribution in [1.82, 2.24) is 23.5 Å². The molecule has 0 N–H and O–H groups in total. The van der Waals surface area contributed by atoms with Crippen molar-refractivity contribution in [3.8, 4) is 22.8 Å². The number of benzene rings is 9. The molecular weight excluding hydrogens is 719 g/mol. The number of hydrogen-bond acceptors (Lipinski definition) is 2. The van der Waals surface area contributed by atoms with E-state index in [1.54, 1.807) is 0 Å². The maximum atomic E-state index is 5.63. The van der Waals surface area contributed by atoms with Crippen molar-refractivity contribution in [2.24, 2.45) is 0 Å². The molecule has 0 aliphatic rings. The van der Waals surface area contributed by atoms with E-state index < -0.39 is 0 Å². The first-order chi connectivity index (χ1) is 29.3. The van der Waals surface area contributed by atoms with E-state index >= 15 is 0 Å². The lowest BCUT2D eigenvalue weighted by Gasteiger charge is -2.15. The summed E-state index contributed by atoms with van der Waals surface area (Å²) in [6.07, 6.45) is 0. The van der Waals surface area contributed by atoms with Crippen LogP contribution in [0, 0.1) is 0 Å². The van der Waals surface area contributed by atoms with Gasteiger partial charge in [0.15, 0.2) is 5.82 Å². The molecule has 5 nitrogen and oxygen atoms in total. The van der Waals surface area contributed by atoms with E-state index in [-0.39, 0.29) is 0 Å². The third-order valence-corrected chi connectivity index (χ3v) is 12.7. The molecule has 0 saturated heterocycles. The standard InChI is InChI=1S/C54H31N5/c1-3-15-33(16-4-1)51-54(56-52-35-19-8-7-14-32(35)28-29-42(52)55-51)59-44-25-12-21-37-38-22-11-23-39-41-30-40-36-20-9-10-24-43(36)57(34-17-5-2-6-18-34)47(40)31-48(41)58(53(38)39)45-26-13-27-46(59)50(45)49(37)44/h1-31H. The van der Waals surface area contributed by atoms with Gasteiger partial charge in [-0.25, -0.2) is 9.97 Å². The Bertz CT molecular complexity index is 4060. The molecule has 0 spiro atoms. The summed E-state index contributed by atoms with van der Waals surface area (Å²) in [6.45, 7) is 0. The van der Waals surface area contributed by atoms with E-state index in [0.29, 0.717) is 0 Å². The largest absolute Gasteiger partial charge is 0.309 e. The lowest BCUT2D eigenvalue weighted by Crippen LogP contribution is -2.04. The minimum absolute atomic E-state index is 0.819. The Hall–Kier alpha value is -8.02. The minimum atomic E-state index is 0.819. The Kier molecular flexibility index (Phi) is 5.96. The van der Waals surface area contributed by atoms with E-state index in [1.807, 2.05) is 0 Å². The van der Waals surface area contributed by atoms with Crippen molar-refractivity contribution in [2.75, 3.05) is 0 Å². The summed E-state index contributed by atoms with van der Waals surface area (Å²) < 4.78 is 7.33. The number of fused-ring (bicyclic) bond motifs is 11. The van der Waals surface area contributed by atoms with Crippen LogP contribution in [0.4, 0.5) is 0 Å². The SMILES string of the molecule is c1ccc(-c2nc3ccc4ccccc4c3nc2-n2c3cccc4c5cccc6c7cc8c9ccccc9n(-c9ccccc9)c8cc7n(c7cccc2c7c43)c56)cc1. The van der Waals surface area contributed by atoms with E-state index in [0.717, 1.165) is 61.1 Å². The van der Waals surface area contributed by atoms with Crippen LogP contribution >= 0.6 is 0 Å². The van der Waals surface area contributed by atoms with Gasteiger partial charge in [0.2, 0.25) is 0 Å². The van der Waals surface area contributed by atoms with Gasteiger partial charge in [-0.05, 0) is 65.4 Å². The molecule has 14 rings (SSSR count). The predicted molar refractivity (Wildman–Crippen MR) is 246 cm³/mol. The van der Waals surface area contributed by atoms with Gasteiger partial charge in [0.25, 0.3) is 0 Å². The highest BCUT2D eigenvalue weighted by atomic mass is 15.1. The number of nitrogens with zero attached hydrogens (tertiary/aromatic N) is 5. The van der Waals surface area contributed by atoms with Crippen molar-refractivity contribution in [3.63, 3.8) is 0 Å². The van der Waals surface area contributed by atoms with Crippen LogP contribution in [0.5, 0.6) is 0 Å². The second-order valence-corrected chi connectivity index (χ2v) is 15.7. The average molecular weight is 750 g/mol. The fourth-order valence-corrected chi connectivity index (χ4v) is 10.3. The van der Waals surface area contributed by atoms with Gasteiger partial charge in [0.1, 0.15) is 5.69 Å². The molecule has 59 heavy (non-hydrogen) atoms. The summed E-state index contributed by atoms with van der Waals surface area (Å²) in [7, 11) is 0. The average Bonchev–Trinajstić information content (AvgIpc) is 3.90. The first kappa shape index (κ1) is 31.1. The van der Waals surface area contributed by atoms with Crippen molar-refractivity contribution < 1.29 is 0 Å². The molecule has 0 saturated carbocycles. The Balaban J connectivity index is 1.19. The molecule has 9 aromatic carbocycles. The predicted octanol–water partition coefficient (Wildman–Crippen LogP) is 13.8. The molecule has 5 heteroatoms.